The zero-order valence-corrected chi connectivity index (χ0v) is 7.27. The van der Waals surface area contributed by atoms with Crippen molar-refractivity contribution in [2.24, 2.45) is 0 Å². The predicted octanol–water partition coefficient (Wildman–Crippen LogP) is 2.27. The van der Waals surface area contributed by atoms with Gasteiger partial charge in [0, 0.05) is 6.04 Å². The smallest absolute Gasteiger partial charge is 0.00674 e. The molecule has 0 radical (unpaired) electrons. The van der Waals surface area contributed by atoms with E-state index in [1.54, 1.807) is 0 Å². The Morgan fingerprint density at radius 3 is 2.80 bits per heavy atom. The first kappa shape index (κ1) is 8.06. The number of likely N-dealkylation sites (tertiary alicyclic amines) is 1. The minimum Gasteiger partial charge on any atom is -0.301 e. The minimum atomic E-state index is 0.867. The molecule has 1 atom stereocenters. The summed E-state index contributed by atoms with van der Waals surface area (Å²) in [5, 5.41) is 0. The summed E-state index contributed by atoms with van der Waals surface area (Å²) >= 11 is 0. The number of hydrogen-bond donors (Lipinski definition) is 0. The van der Waals surface area contributed by atoms with Crippen LogP contribution in [0.25, 0.3) is 0 Å². The highest BCUT2D eigenvalue weighted by Crippen LogP contribution is 2.16. The monoisotopic (exact) mass is 141 g/mol. The van der Waals surface area contributed by atoms with E-state index in [1.165, 1.54) is 38.8 Å². The van der Waals surface area contributed by atoms with Crippen molar-refractivity contribution in [2.75, 3.05) is 13.1 Å². The molecule has 60 valence electrons. The average Bonchev–Trinajstić information content (AvgIpc) is 2.31. The van der Waals surface area contributed by atoms with Gasteiger partial charge in [-0.1, -0.05) is 13.3 Å². The molecule has 1 nitrogen and oxygen atoms in total. The third-order valence-electron chi connectivity index (χ3n) is 2.49. The lowest BCUT2D eigenvalue weighted by Crippen LogP contribution is -2.27. The van der Waals surface area contributed by atoms with Gasteiger partial charge >= 0.3 is 0 Å². The molecular weight excluding hydrogens is 122 g/mol. The first-order valence-corrected chi connectivity index (χ1v) is 4.58. The topological polar surface area (TPSA) is 3.24 Å². The number of rotatable bonds is 3. The van der Waals surface area contributed by atoms with Crippen LogP contribution in [0.3, 0.4) is 0 Å². The maximum Gasteiger partial charge on any atom is 0.00674 e. The van der Waals surface area contributed by atoms with Crippen molar-refractivity contribution in [2.45, 2.75) is 45.6 Å². The van der Waals surface area contributed by atoms with Crippen LogP contribution < -0.4 is 0 Å². The number of nitrogens with zero attached hydrogens (tertiary/aromatic N) is 1. The Morgan fingerprint density at radius 1 is 1.50 bits per heavy atom. The molecule has 0 N–H and O–H groups in total. The van der Waals surface area contributed by atoms with E-state index in [0.717, 1.165) is 6.04 Å². The zero-order chi connectivity index (χ0) is 7.40. The summed E-state index contributed by atoms with van der Waals surface area (Å²) in [6, 6.07) is 0.867. The molecule has 1 rings (SSSR count). The van der Waals surface area contributed by atoms with Gasteiger partial charge in [-0.05, 0) is 39.3 Å². The maximum absolute atomic E-state index is 2.61. The molecule has 0 aromatic heterocycles. The van der Waals surface area contributed by atoms with Gasteiger partial charge in [-0.2, -0.15) is 0 Å². The van der Waals surface area contributed by atoms with E-state index >= 15 is 0 Å². The molecule has 1 heterocycles. The fraction of sp³-hybridized carbons (Fsp3) is 1.00. The van der Waals surface area contributed by atoms with Crippen molar-refractivity contribution < 1.29 is 0 Å². The molecule has 0 bridgehead atoms. The molecule has 1 saturated heterocycles. The molecule has 0 aromatic rings. The first-order valence-electron chi connectivity index (χ1n) is 4.58. The Morgan fingerprint density at radius 2 is 2.30 bits per heavy atom. The summed E-state index contributed by atoms with van der Waals surface area (Å²) in [6.45, 7) is 7.29. The van der Waals surface area contributed by atoms with E-state index in [9.17, 15) is 0 Å². The van der Waals surface area contributed by atoms with Crippen molar-refractivity contribution in [1.29, 1.82) is 0 Å². The van der Waals surface area contributed by atoms with Crippen LogP contribution in [0.1, 0.15) is 39.5 Å². The fourth-order valence-corrected chi connectivity index (χ4v) is 1.69. The Kier molecular flexibility index (Phi) is 3.20. The molecule has 0 aliphatic carbocycles. The lowest BCUT2D eigenvalue weighted by Gasteiger charge is -2.19. The SMILES string of the molecule is CCCCN1CCC[C@H]1C. The third-order valence-corrected chi connectivity index (χ3v) is 2.49. The molecule has 0 amide bonds. The van der Waals surface area contributed by atoms with Crippen molar-refractivity contribution in [3.63, 3.8) is 0 Å². The van der Waals surface area contributed by atoms with E-state index in [-0.39, 0.29) is 0 Å². The first-order chi connectivity index (χ1) is 4.84. The second-order valence-corrected chi connectivity index (χ2v) is 3.38. The average molecular weight is 141 g/mol. The van der Waals surface area contributed by atoms with Crippen LogP contribution in [0.2, 0.25) is 0 Å². The van der Waals surface area contributed by atoms with E-state index in [0.29, 0.717) is 0 Å². The summed E-state index contributed by atoms with van der Waals surface area (Å²) in [5.41, 5.74) is 0. The molecule has 10 heavy (non-hydrogen) atoms. The molecule has 1 aliphatic heterocycles. The minimum absolute atomic E-state index is 0.867. The van der Waals surface area contributed by atoms with Gasteiger partial charge in [0.15, 0.2) is 0 Å². The fourth-order valence-electron chi connectivity index (χ4n) is 1.69. The van der Waals surface area contributed by atoms with Crippen LogP contribution in [0, 0.1) is 0 Å². The Balaban J connectivity index is 2.14. The number of unbranched alkanes of at least 4 members (excludes halogenated alkanes) is 1. The predicted molar refractivity (Wildman–Crippen MR) is 45.2 cm³/mol. The van der Waals surface area contributed by atoms with Gasteiger partial charge < -0.3 is 4.90 Å². The molecule has 0 unspecified atom stereocenters. The highest BCUT2D eigenvalue weighted by molar-refractivity contribution is 4.74. The highest BCUT2D eigenvalue weighted by Gasteiger charge is 2.18. The highest BCUT2D eigenvalue weighted by atomic mass is 15.2. The van der Waals surface area contributed by atoms with Crippen molar-refractivity contribution in [3.05, 3.63) is 0 Å². The quantitative estimate of drug-likeness (QED) is 0.583. The van der Waals surface area contributed by atoms with Crippen LogP contribution in [-0.2, 0) is 0 Å². The molecule has 1 fully saturated rings. The van der Waals surface area contributed by atoms with Gasteiger partial charge in [-0.15, -0.1) is 0 Å². The summed E-state index contributed by atoms with van der Waals surface area (Å²) in [7, 11) is 0. The Hall–Kier alpha value is -0.0400. The second-order valence-electron chi connectivity index (χ2n) is 3.38. The van der Waals surface area contributed by atoms with Gasteiger partial charge in [0.2, 0.25) is 0 Å². The van der Waals surface area contributed by atoms with Gasteiger partial charge in [0.25, 0.3) is 0 Å². The van der Waals surface area contributed by atoms with Gasteiger partial charge in [-0.25, -0.2) is 0 Å². The summed E-state index contributed by atoms with van der Waals surface area (Å²) in [4.78, 5) is 2.61. The van der Waals surface area contributed by atoms with Crippen LogP contribution in [0.4, 0.5) is 0 Å². The molecule has 1 heteroatoms. The molecule has 1 aliphatic rings. The van der Waals surface area contributed by atoms with E-state index in [4.69, 9.17) is 0 Å². The van der Waals surface area contributed by atoms with Crippen LogP contribution in [-0.4, -0.2) is 24.0 Å². The van der Waals surface area contributed by atoms with Gasteiger partial charge in [0.05, 0.1) is 0 Å². The summed E-state index contributed by atoms with van der Waals surface area (Å²) < 4.78 is 0. The standard InChI is InChI=1S/C9H19N/c1-3-4-7-10-8-5-6-9(10)2/h9H,3-8H2,1-2H3/t9-/m1/s1. The van der Waals surface area contributed by atoms with E-state index in [1.807, 2.05) is 0 Å². The van der Waals surface area contributed by atoms with Crippen molar-refractivity contribution in [3.8, 4) is 0 Å². The van der Waals surface area contributed by atoms with Gasteiger partial charge in [0.1, 0.15) is 0 Å². The summed E-state index contributed by atoms with van der Waals surface area (Å²) in [6.07, 6.45) is 5.56. The number of hydrogen-bond acceptors (Lipinski definition) is 1. The van der Waals surface area contributed by atoms with E-state index in [2.05, 4.69) is 18.7 Å². The normalized spacial score (nSPS) is 27.6. The lowest BCUT2D eigenvalue weighted by atomic mass is 10.2. The lowest BCUT2D eigenvalue weighted by molar-refractivity contribution is 0.265. The molecule has 0 spiro atoms. The maximum atomic E-state index is 2.61. The third kappa shape index (κ3) is 1.98. The summed E-state index contributed by atoms with van der Waals surface area (Å²) in [5.74, 6) is 0. The van der Waals surface area contributed by atoms with Crippen LogP contribution in [0.5, 0.6) is 0 Å². The zero-order valence-electron chi connectivity index (χ0n) is 7.27. The van der Waals surface area contributed by atoms with Crippen LogP contribution in [0.15, 0.2) is 0 Å². The Bertz CT molecular complexity index is 90.7. The molecule has 0 saturated carbocycles. The van der Waals surface area contributed by atoms with Gasteiger partial charge in [-0.3, -0.25) is 0 Å². The molecular formula is C9H19N. The van der Waals surface area contributed by atoms with E-state index < -0.39 is 0 Å². The molecule has 0 aromatic carbocycles. The second kappa shape index (κ2) is 3.97. The largest absolute Gasteiger partial charge is 0.301 e. The van der Waals surface area contributed by atoms with Crippen molar-refractivity contribution in [1.82, 2.24) is 4.90 Å². The van der Waals surface area contributed by atoms with Crippen molar-refractivity contribution >= 4 is 0 Å². The van der Waals surface area contributed by atoms with Crippen LogP contribution >= 0.6 is 0 Å². The Labute approximate surface area is 64.4 Å².